The Morgan fingerprint density at radius 2 is 2.00 bits per heavy atom. The highest BCUT2D eigenvalue weighted by Crippen LogP contribution is 2.37. The smallest absolute Gasteiger partial charge is 0.178 e. The van der Waals surface area contributed by atoms with Crippen LogP contribution in [0.25, 0.3) is 22.5 Å². The Morgan fingerprint density at radius 1 is 1.15 bits per heavy atom. The molecule has 3 aromatic rings. The van der Waals surface area contributed by atoms with Crippen LogP contribution in [0.15, 0.2) is 51.7 Å². The van der Waals surface area contributed by atoms with Gasteiger partial charge in [0.1, 0.15) is 0 Å². The average Bonchev–Trinajstić information content (AvgIpc) is 2.80. The first-order valence-electron chi connectivity index (χ1n) is 6.08. The molecule has 0 atom stereocenters. The summed E-state index contributed by atoms with van der Waals surface area (Å²) < 4.78 is 6.38. The van der Waals surface area contributed by atoms with Gasteiger partial charge in [0.2, 0.25) is 0 Å². The van der Waals surface area contributed by atoms with Gasteiger partial charge in [0.15, 0.2) is 11.6 Å². The number of aryl methyl sites for hydroxylation is 1. The van der Waals surface area contributed by atoms with E-state index < -0.39 is 0 Å². The van der Waals surface area contributed by atoms with Crippen LogP contribution in [-0.4, -0.2) is 10.1 Å². The van der Waals surface area contributed by atoms with Crippen LogP contribution >= 0.6 is 15.9 Å². The first-order chi connectivity index (χ1) is 9.65. The predicted octanol–water partition coefficient (Wildman–Crippen LogP) is 4.06. The van der Waals surface area contributed by atoms with Gasteiger partial charge in [-0.3, -0.25) is 4.98 Å². The fourth-order valence-electron chi connectivity index (χ4n) is 2.10. The van der Waals surface area contributed by atoms with Crippen LogP contribution in [0.5, 0.6) is 0 Å². The second-order valence-electron chi connectivity index (χ2n) is 4.53. The number of anilines is 1. The summed E-state index contributed by atoms with van der Waals surface area (Å²) in [6, 6.07) is 9.86. The number of aromatic nitrogens is 2. The van der Waals surface area contributed by atoms with Crippen LogP contribution in [-0.2, 0) is 0 Å². The van der Waals surface area contributed by atoms with E-state index in [-0.39, 0.29) is 0 Å². The molecule has 0 aliphatic carbocycles. The van der Waals surface area contributed by atoms with Crippen molar-refractivity contribution < 1.29 is 4.52 Å². The number of hydrogen-bond donors (Lipinski definition) is 1. The van der Waals surface area contributed by atoms with Crippen molar-refractivity contribution in [1.29, 1.82) is 0 Å². The Balaban J connectivity index is 2.20. The van der Waals surface area contributed by atoms with Crippen LogP contribution in [0.2, 0.25) is 0 Å². The third kappa shape index (κ3) is 2.32. The third-order valence-corrected chi connectivity index (χ3v) is 3.46. The van der Waals surface area contributed by atoms with Gasteiger partial charge in [-0.2, -0.15) is 0 Å². The zero-order valence-corrected chi connectivity index (χ0v) is 12.4. The molecule has 0 saturated carbocycles. The number of rotatable bonds is 2. The molecular formula is C15H12BrN3O. The molecule has 0 bridgehead atoms. The Morgan fingerprint density at radius 3 is 2.75 bits per heavy atom. The Kier molecular flexibility index (Phi) is 3.28. The second-order valence-corrected chi connectivity index (χ2v) is 5.45. The molecule has 0 radical (unpaired) electrons. The lowest BCUT2D eigenvalue weighted by molar-refractivity contribution is 0.436. The lowest BCUT2D eigenvalue weighted by atomic mass is 10.0. The quantitative estimate of drug-likeness (QED) is 0.770. The van der Waals surface area contributed by atoms with E-state index in [2.05, 4.69) is 26.1 Å². The van der Waals surface area contributed by atoms with E-state index in [0.717, 1.165) is 26.7 Å². The van der Waals surface area contributed by atoms with Crippen molar-refractivity contribution in [2.75, 3.05) is 5.73 Å². The molecule has 0 unspecified atom stereocenters. The molecule has 0 saturated heterocycles. The monoisotopic (exact) mass is 329 g/mol. The molecular weight excluding hydrogens is 318 g/mol. The summed E-state index contributed by atoms with van der Waals surface area (Å²) in [5, 5.41) is 3.89. The van der Waals surface area contributed by atoms with Crippen molar-refractivity contribution >= 4 is 21.7 Å². The summed E-state index contributed by atoms with van der Waals surface area (Å²) in [6.45, 7) is 1.98. The van der Waals surface area contributed by atoms with Gasteiger partial charge in [-0.15, -0.1) is 0 Å². The molecule has 0 aliphatic heterocycles. The predicted molar refractivity (Wildman–Crippen MR) is 82.0 cm³/mol. The van der Waals surface area contributed by atoms with Crippen LogP contribution in [0, 0.1) is 6.92 Å². The zero-order valence-electron chi connectivity index (χ0n) is 10.8. The Labute approximate surface area is 124 Å². The summed E-state index contributed by atoms with van der Waals surface area (Å²) in [4.78, 5) is 4.18. The normalized spacial score (nSPS) is 10.7. The fraction of sp³-hybridized carbons (Fsp3) is 0.0667. The van der Waals surface area contributed by atoms with Crippen LogP contribution in [0.4, 0.5) is 5.82 Å². The maximum absolute atomic E-state index is 5.96. The van der Waals surface area contributed by atoms with Crippen molar-refractivity contribution in [3.05, 3.63) is 52.8 Å². The number of benzene rings is 1. The molecule has 0 fully saturated rings. The molecule has 0 spiro atoms. The van der Waals surface area contributed by atoms with E-state index in [4.69, 9.17) is 10.3 Å². The largest absolute Gasteiger partial charge is 0.380 e. The summed E-state index contributed by atoms with van der Waals surface area (Å²) in [7, 11) is 0. The molecule has 20 heavy (non-hydrogen) atoms. The minimum Gasteiger partial charge on any atom is -0.380 e. The molecule has 3 rings (SSSR count). The van der Waals surface area contributed by atoms with Gasteiger partial charge >= 0.3 is 0 Å². The molecule has 2 N–H and O–H groups in total. The van der Waals surface area contributed by atoms with Crippen LogP contribution in [0.1, 0.15) is 5.56 Å². The lowest BCUT2D eigenvalue weighted by Crippen LogP contribution is -1.89. The Bertz CT molecular complexity index is 767. The van der Waals surface area contributed by atoms with Crippen LogP contribution < -0.4 is 5.73 Å². The van der Waals surface area contributed by atoms with Gasteiger partial charge in [0, 0.05) is 22.4 Å². The molecule has 0 amide bonds. The topological polar surface area (TPSA) is 64.9 Å². The summed E-state index contributed by atoms with van der Waals surface area (Å²) in [6.07, 6.45) is 3.54. The Hall–Kier alpha value is -2.14. The fourth-order valence-corrected chi connectivity index (χ4v) is 2.50. The van der Waals surface area contributed by atoms with Crippen molar-refractivity contribution in [2.24, 2.45) is 0 Å². The number of pyridine rings is 1. The van der Waals surface area contributed by atoms with E-state index in [0.29, 0.717) is 11.6 Å². The van der Waals surface area contributed by atoms with E-state index in [1.165, 1.54) is 0 Å². The van der Waals surface area contributed by atoms with E-state index in [1.54, 1.807) is 12.4 Å². The SMILES string of the molecule is Cc1cncc(-c2onc(N)c2-c2cccc(Br)c2)c1. The minimum atomic E-state index is 0.375. The highest BCUT2D eigenvalue weighted by Gasteiger charge is 2.18. The standard InChI is InChI=1S/C15H12BrN3O/c1-9-5-11(8-18-7-9)14-13(15(17)19-20-14)10-3-2-4-12(16)6-10/h2-8H,1H3,(H2,17,19). The van der Waals surface area contributed by atoms with Gasteiger partial charge in [-0.1, -0.05) is 33.2 Å². The zero-order chi connectivity index (χ0) is 14.1. The number of nitrogen functional groups attached to an aromatic ring is 1. The molecule has 2 heterocycles. The summed E-state index contributed by atoms with van der Waals surface area (Å²) >= 11 is 3.46. The van der Waals surface area contributed by atoms with Gasteiger partial charge in [0.05, 0.1) is 5.56 Å². The molecule has 0 aliphatic rings. The van der Waals surface area contributed by atoms with Crippen molar-refractivity contribution in [3.8, 4) is 22.5 Å². The van der Waals surface area contributed by atoms with E-state index in [1.807, 2.05) is 37.3 Å². The van der Waals surface area contributed by atoms with Gasteiger partial charge in [0.25, 0.3) is 0 Å². The lowest BCUT2D eigenvalue weighted by Gasteiger charge is -2.04. The van der Waals surface area contributed by atoms with E-state index in [9.17, 15) is 0 Å². The minimum absolute atomic E-state index is 0.375. The summed E-state index contributed by atoms with van der Waals surface area (Å²) in [5.74, 6) is 1.01. The number of hydrogen-bond acceptors (Lipinski definition) is 4. The van der Waals surface area contributed by atoms with Crippen LogP contribution in [0.3, 0.4) is 0 Å². The molecule has 5 heteroatoms. The van der Waals surface area contributed by atoms with Crippen molar-refractivity contribution in [2.45, 2.75) is 6.92 Å². The van der Waals surface area contributed by atoms with E-state index >= 15 is 0 Å². The summed E-state index contributed by atoms with van der Waals surface area (Å²) in [5.41, 5.74) is 9.62. The maximum atomic E-state index is 5.96. The van der Waals surface area contributed by atoms with Gasteiger partial charge in [-0.05, 0) is 36.2 Å². The number of halogens is 1. The van der Waals surface area contributed by atoms with Gasteiger partial charge in [-0.25, -0.2) is 0 Å². The highest BCUT2D eigenvalue weighted by atomic mass is 79.9. The second kappa shape index (κ2) is 5.09. The molecule has 1 aromatic carbocycles. The van der Waals surface area contributed by atoms with Crippen molar-refractivity contribution in [1.82, 2.24) is 10.1 Å². The average molecular weight is 330 g/mol. The highest BCUT2D eigenvalue weighted by molar-refractivity contribution is 9.10. The molecule has 2 aromatic heterocycles. The molecule has 4 nitrogen and oxygen atoms in total. The number of nitrogens with two attached hydrogens (primary N) is 1. The third-order valence-electron chi connectivity index (χ3n) is 2.97. The number of nitrogens with zero attached hydrogens (tertiary/aromatic N) is 2. The van der Waals surface area contributed by atoms with Crippen molar-refractivity contribution in [3.63, 3.8) is 0 Å². The maximum Gasteiger partial charge on any atom is 0.178 e. The molecule has 100 valence electrons. The first kappa shape index (κ1) is 12.9. The first-order valence-corrected chi connectivity index (χ1v) is 6.87. The van der Waals surface area contributed by atoms with Gasteiger partial charge < -0.3 is 10.3 Å².